The smallest absolute Gasteiger partial charge is 0.136 e. The fraction of sp³-hybridized carbons (Fsp3) is 0.400. The number of H-pyrrole nitrogens is 1. The summed E-state index contributed by atoms with van der Waals surface area (Å²) < 4.78 is 0. The SMILES string of the molecule is CCN(CC)c1cccc2n[nH]nc12. The van der Waals surface area contributed by atoms with Crippen molar-refractivity contribution in [2.24, 2.45) is 0 Å². The van der Waals surface area contributed by atoms with E-state index in [-0.39, 0.29) is 0 Å². The highest BCUT2D eigenvalue weighted by Gasteiger charge is 2.08. The van der Waals surface area contributed by atoms with Gasteiger partial charge in [0.1, 0.15) is 11.0 Å². The molecule has 0 aliphatic rings. The molecule has 1 heterocycles. The van der Waals surface area contributed by atoms with Gasteiger partial charge in [0, 0.05) is 13.1 Å². The second-order valence-corrected chi connectivity index (χ2v) is 3.14. The van der Waals surface area contributed by atoms with Gasteiger partial charge in [0.25, 0.3) is 0 Å². The minimum atomic E-state index is 0.925. The van der Waals surface area contributed by atoms with Crippen LogP contribution in [0.1, 0.15) is 13.8 Å². The van der Waals surface area contributed by atoms with Crippen molar-refractivity contribution in [1.82, 2.24) is 15.4 Å². The van der Waals surface area contributed by atoms with Crippen LogP contribution in [-0.2, 0) is 0 Å². The molecule has 2 aromatic rings. The Bertz CT molecular complexity index is 417. The van der Waals surface area contributed by atoms with E-state index in [1.54, 1.807) is 0 Å². The lowest BCUT2D eigenvalue weighted by Crippen LogP contribution is -2.21. The molecule has 0 fully saturated rings. The zero-order valence-electron chi connectivity index (χ0n) is 8.49. The van der Waals surface area contributed by atoms with Crippen molar-refractivity contribution >= 4 is 16.7 Å². The normalized spacial score (nSPS) is 10.7. The van der Waals surface area contributed by atoms with Gasteiger partial charge < -0.3 is 4.90 Å². The molecule has 4 heteroatoms. The van der Waals surface area contributed by atoms with Crippen LogP contribution in [0.4, 0.5) is 5.69 Å². The van der Waals surface area contributed by atoms with E-state index in [2.05, 4.69) is 40.2 Å². The third kappa shape index (κ3) is 1.32. The van der Waals surface area contributed by atoms with Crippen LogP contribution in [0, 0.1) is 0 Å². The fourth-order valence-electron chi connectivity index (χ4n) is 1.67. The van der Waals surface area contributed by atoms with Crippen molar-refractivity contribution in [3.8, 4) is 0 Å². The van der Waals surface area contributed by atoms with Crippen LogP contribution < -0.4 is 4.90 Å². The molecule has 0 atom stereocenters. The molecule has 1 N–H and O–H groups in total. The molecule has 0 saturated carbocycles. The first-order chi connectivity index (χ1) is 6.86. The standard InChI is InChI=1S/C10H14N4/c1-3-14(4-2)9-7-5-6-8-10(9)12-13-11-8/h5-7H,3-4H2,1-2H3,(H,11,12,13). The second kappa shape index (κ2) is 3.65. The van der Waals surface area contributed by atoms with Gasteiger partial charge in [-0.05, 0) is 26.0 Å². The molecule has 0 spiro atoms. The van der Waals surface area contributed by atoms with Gasteiger partial charge in [0.05, 0.1) is 5.69 Å². The number of rotatable bonds is 3. The number of aromatic nitrogens is 3. The molecule has 1 aromatic heterocycles. The molecule has 14 heavy (non-hydrogen) atoms. The average Bonchev–Trinajstić information content (AvgIpc) is 2.68. The molecule has 4 nitrogen and oxygen atoms in total. The van der Waals surface area contributed by atoms with E-state index < -0.39 is 0 Å². The molecule has 0 radical (unpaired) electrons. The molecule has 0 aliphatic carbocycles. The molecular formula is C10H14N4. The molecule has 0 bridgehead atoms. The largest absolute Gasteiger partial charge is 0.370 e. The van der Waals surface area contributed by atoms with Crippen LogP contribution in [0.15, 0.2) is 18.2 Å². The van der Waals surface area contributed by atoms with Gasteiger partial charge in [-0.15, -0.1) is 0 Å². The number of nitrogens with one attached hydrogen (secondary N) is 1. The molecular weight excluding hydrogens is 176 g/mol. The first kappa shape index (κ1) is 8.99. The molecule has 2 rings (SSSR count). The van der Waals surface area contributed by atoms with E-state index in [0.29, 0.717) is 0 Å². The predicted molar refractivity (Wildman–Crippen MR) is 57.4 cm³/mol. The minimum absolute atomic E-state index is 0.925. The lowest BCUT2D eigenvalue weighted by molar-refractivity contribution is 0.867. The molecule has 0 unspecified atom stereocenters. The van der Waals surface area contributed by atoms with Crippen LogP contribution >= 0.6 is 0 Å². The number of hydrogen-bond donors (Lipinski definition) is 1. The van der Waals surface area contributed by atoms with Crippen LogP contribution in [-0.4, -0.2) is 28.5 Å². The van der Waals surface area contributed by atoms with Gasteiger partial charge >= 0.3 is 0 Å². The summed E-state index contributed by atoms with van der Waals surface area (Å²) in [7, 11) is 0. The van der Waals surface area contributed by atoms with Crippen LogP contribution in [0.3, 0.4) is 0 Å². The van der Waals surface area contributed by atoms with Crippen LogP contribution in [0.5, 0.6) is 0 Å². The molecule has 74 valence electrons. The second-order valence-electron chi connectivity index (χ2n) is 3.14. The zero-order valence-corrected chi connectivity index (χ0v) is 8.49. The quantitative estimate of drug-likeness (QED) is 0.802. The van der Waals surface area contributed by atoms with Crippen molar-refractivity contribution in [3.63, 3.8) is 0 Å². The Kier molecular flexibility index (Phi) is 2.35. The maximum Gasteiger partial charge on any atom is 0.136 e. The highest BCUT2D eigenvalue weighted by atomic mass is 15.3. The third-order valence-corrected chi connectivity index (χ3v) is 2.43. The summed E-state index contributed by atoms with van der Waals surface area (Å²) in [5.74, 6) is 0. The Hall–Kier alpha value is -1.58. The van der Waals surface area contributed by atoms with Crippen molar-refractivity contribution in [3.05, 3.63) is 18.2 Å². The molecule has 0 saturated heterocycles. The van der Waals surface area contributed by atoms with Crippen LogP contribution in [0.25, 0.3) is 11.0 Å². The number of fused-ring (bicyclic) bond motifs is 1. The van der Waals surface area contributed by atoms with Crippen molar-refractivity contribution in [1.29, 1.82) is 0 Å². The van der Waals surface area contributed by atoms with E-state index in [1.165, 1.54) is 0 Å². The number of benzene rings is 1. The Labute approximate surface area is 82.9 Å². The topological polar surface area (TPSA) is 44.8 Å². The third-order valence-electron chi connectivity index (χ3n) is 2.43. The summed E-state index contributed by atoms with van der Waals surface area (Å²) in [5.41, 5.74) is 3.03. The highest BCUT2D eigenvalue weighted by Crippen LogP contribution is 2.22. The lowest BCUT2D eigenvalue weighted by atomic mass is 10.2. The maximum atomic E-state index is 4.16. The molecule has 1 aromatic carbocycles. The summed E-state index contributed by atoms with van der Waals surface area (Å²) in [5, 5.41) is 10.9. The average molecular weight is 190 g/mol. The first-order valence-electron chi connectivity index (χ1n) is 4.91. The van der Waals surface area contributed by atoms with Crippen molar-refractivity contribution in [2.75, 3.05) is 18.0 Å². The highest BCUT2D eigenvalue weighted by molar-refractivity contribution is 5.87. The Morgan fingerprint density at radius 2 is 2.00 bits per heavy atom. The molecule has 0 amide bonds. The van der Waals surface area contributed by atoms with E-state index >= 15 is 0 Å². The number of para-hydroxylation sites is 1. The Morgan fingerprint density at radius 3 is 2.71 bits per heavy atom. The van der Waals surface area contributed by atoms with Gasteiger partial charge in [-0.25, -0.2) is 0 Å². The predicted octanol–water partition coefficient (Wildman–Crippen LogP) is 1.80. The Morgan fingerprint density at radius 1 is 1.21 bits per heavy atom. The van der Waals surface area contributed by atoms with E-state index in [1.807, 2.05) is 12.1 Å². The van der Waals surface area contributed by atoms with Crippen molar-refractivity contribution in [2.45, 2.75) is 13.8 Å². The van der Waals surface area contributed by atoms with E-state index in [0.717, 1.165) is 29.8 Å². The van der Waals surface area contributed by atoms with Gasteiger partial charge in [-0.2, -0.15) is 15.4 Å². The number of hydrogen-bond acceptors (Lipinski definition) is 3. The van der Waals surface area contributed by atoms with Gasteiger partial charge in [-0.3, -0.25) is 0 Å². The number of nitrogens with zero attached hydrogens (tertiary/aromatic N) is 3. The zero-order chi connectivity index (χ0) is 9.97. The van der Waals surface area contributed by atoms with Gasteiger partial charge in [0.15, 0.2) is 0 Å². The summed E-state index contributed by atoms with van der Waals surface area (Å²) >= 11 is 0. The number of aromatic amines is 1. The summed E-state index contributed by atoms with van der Waals surface area (Å²) in [6, 6.07) is 6.06. The minimum Gasteiger partial charge on any atom is -0.370 e. The van der Waals surface area contributed by atoms with Crippen molar-refractivity contribution < 1.29 is 0 Å². The van der Waals surface area contributed by atoms with E-state index in [9.17, 15) is 0 Å². The molecule has 0 aliphatic heterocycles. The monoisotopic (exact) mass is 190 g/mol. The van der Waals surface area contributed by atoms with E-state index in [4.69, 9.17) is 0 Å². The van der Waals surface area contributed by atoms with Gasteiger partial charge in [-0.1, -0.05) is 6.07 Å². The lowest BCUT2D eigenvalue weighted by Gasteiger charge is -2.20. The fourth-order valence-corrected chi connectivity index (χ4v) is 1.67. The van der Waals surface area contributed by atoms with Gasteiger partial charge in [0.2, 0.25) is 0 Å². The summed E-state index contributed by atoms with van der Waals surface area (Å²) in [6.07, 6.45) is 0. The summed E-state index contributed by atoms with van der Waals surface area (Å²) in [6.45, 7) is 6.26. The maximum absolute atomic E-state index is 4.16. The van der Waals surface area contributed by atoms with Crippen LogP contribution in [0.2, 0.25) is 0 Å². The number of anilines is 1. The Balaban J connectivity index is 2.54. The first-order valence-corrected chi connectivity index (χ1v) is 4.91. The summed E-state index contributed by atoms with van der Waals surface area (Å²) in [4.78, 5) is 2.27.